The number of hydrogen-bond acceptors (Lipinski definition) is 4. The zero-order valence-electron chi connectivity index (χ0n) is 12.7. The van der Waals surface area contributed by atoms with Gasteiger partial charge in [0.25, 0.3) is 11.5 Å². The van der Waals surface area contributed by atoms with Gasteiger partial charge in [0, 0.05) is 31.4 Å². The average Bonchev–Trinajstić information content (AvgIpc) is 2.92. The first kappa shape index (κ1) is 15.6. The van der Waals surface area contributed by atoms with Crippen LogP contribution in [0.5, 0.6) is 5.75 Å². The molecule has 0 unspecified atom stereocenters. The maximum Gasteiger partial charge on any atom is 0.292 e. The quantitative estimate of drug-likeness (QED) is 0.862. The molecule has 2 rings (SSSR count). The van der Waals surface area contributed by atoms with Crippen molar-refractivity contribution in [2.45, 2.75) is 38.8 Å². The highest BCUT2D eigenvalue weighted by atomic mass is 16.5. The fourth-order valence-electron chi connectivity index (χ4n) is 2.39. The van der Waals surface area contributed by atoms with Gasteiger partial charge >= 0.3 is 0 Å². The molecule has 2 heterocycles. The lowest BCUT2D eigenvalue weighted by Gasteiger charge is -2.20. The second-order valence-electron chi connectivity index (χ2n) is 6.17. The van der Waals surface area contributed by atoms with Gasteiger partial charge < -0.3 is 19.9 Å². The Labute approximate surface area is 124 Å². The molecular formula is C15H23N3O3. The first-order valence-electron chi connectivity index (χ1n) is 7.26. The molecule has 0 aliphatic carbocycles. The van der Waals surface area contributed by atoms with Crippen LogP contribution in [-0.2, 0) is 11.3 Å². The topological polar surface area (TPSA) is 77.6 Å². The summed E-state index contributed by atoms with van der Waals surface area (Å²) in [5.74, 6) is 0.121. The van der Waals surface area contributed by atoms with Gasteiger partial charge in [-0.3, -0.25) is 9.59 Å². The highest BCUT2D eigenvalue weighted by molar-refractivity contribution is 5.77. The van der Waals surface area contributed by atoms with Gasteiger partial charge in [0.2, 0.25) is 0 Å². The van der Waals surface area contributed by atoms with Crippen molar-refractivity contribution in [1.29, 1.82) is 0 Å². The molecule has 2 N–H and O–H groups in total. The second kappa shape index (κ2) is 6.30. The molecule has 1 aliphatic heterocycles. The van der Waals surface area contributed by atoms with E-state index in [4.69, 9.17) is 10.5 Å². The van der Waals surface area contributed by atoms with Crippen molar-refractivity contribution in [2.75, 3.05) is 19.7 Å². The first-order valence-corrected chi connectivity index (χ1v) is 7.26. The van der Waals surface area contributed by atoms with E-state index in [1.54, 1.807) is 23.2 Å². The molecular weight excluding hydrogens is 270 g/mol. The third-order valence-electron chi connectivity index (χ3n) is 3.37. The minimum absolute atomic E-state index is 0.0681. The van der Waals surface area contributed by atoms with E-state index in [0.717, 1.165) is 25.9 Å². The Balaban J connectivity index is 2.01. The Morgan fingerprint density at radius 3 is 2.67 bits per heavy atom. The van der Waals surface area contributed by atoms with Gasteiger partial charge in [-0.2, -0.15) is 0 Å². The fraction of sp³-hybridized carbons (Fsp3) is 0.600. The number of carbonyl (C=O) groups excluding carboxylic acids is 1. The second-order valence-corrected chi connectivity index (χ2v) is 6.17. The van der Waals surface area contributed by atoms with E-state index >= 15 is 0 Å². The van der Waals surface area contributed by atoms with E-state index in [0.29, 0.717) is 6.54 Å². The summed E-state index contributed by atoms with van der Waals surface area (Å²) in [6, 6.07) is 3.31. The van der Waals surface area contributed by atoms with E-state index in [1.165, 1.54) is 4.57 Å². The maximum atomic E-state index is 12.2. The van der Waals surface area contributed by atoms with Crippen LogP contribution < -0.4 is 16.0 Å². The molecule has 6 nitrogen and oxygen atoms in total. The number of hydrogen-bond donors (Lipinski definition) is 1. The summed E-state index contributed by atoms with van der Waals surface area (Å²) in [6.07, 6.45) is 3.75. The van der Waals surface area contributed by atoms with Crippen LogP contribution >= 0.6 is 0 Å². The summed E-state index contributed by atoms with van der Waals surface area (Å²) in [4.78, 5) is 25.9. The lowest BCUT2D eigenvalue weighted by Crippen LogP contribution is -2.40. The average molecular weight is 293 g/mol. The van der Waals surface area contributed by atoms with Crippen LogP contribution in [0.25, 0.3) is 0 Å². The summed E-state index contributed by atoms with van der Waals surface area (Å²) in [7, 11) is 0. The highest BCUT2D eigenvalue weighted by Crippen LogP contribution is 2.09. The van der Waals surface area contributed by atoms with Crippen molar-refractivity contribution in [1.82, 2.24) is 9.47 Å². The van der Waals surface area contributed by atoms with Gasteiger partial charge in [0.15, 0.2) is 12.4 Å². The van der Waals surface area contributed by atoms with E-state index in [-0.39, 0.29) is 23.8 Å². The summed E-state index contributed by atoms with van der Waals surface area (Å²) < 4.78 is 6.91. The third kappa shape index (κ3) is 4.32. The summed E-state index contributed by atoms with van der Waals surface area (Å²) in [5, 5.41) is 0. The molecule has 0 saturated carbocycles. The summed E-state index contributed by atoms with van der Waals surface area (Å²) >= 11 is 0. The van der Waals surface area contributed by atoms with Crippen molar-refractivity contribution in [2.24, 2.45) is 5.73 Å². The van der Waals surface area contributed by atoms with Crippen molar-refractivity contribution < 1.29 is 9.53 Å². The van der Waals surface area contributed by atoms with E-state index in [2.05, 4.69) is 0 Å². The van der Waals surface area contributed by atoms with Crippen molar-refractivity contribution in [3.05, 3.63) is 28.7 Å². The minimum atomic E-state index is -0.492. The predicted molar refractivity (Wildman–Crippen MR) is 80.3 cm³/mol. The largest absolute Gasteiger partial charge is 0.478 e. The molecule has 1 aromatic rings. The van der Waals surface area contributed by atoms with E-state index in [1.807, 2.05) is 13.8 Å². The van der Waals surface area contributed by atoms with Crippen LogP contribution in [0.4, 0.5) is 0 Å². The molecule has 1 aromatic heterocycles. The third-order valence-corrected chi connectivity index (χ3v) is 3.37. The molecule has 0 atom stereocenters. The molecule has 6 heteroatoms. The Morgan fingerprint density at radius 1 is 1.38 bits per heavy atom. The number of carbonyl (C=O) groups is 1. The van der Waals surface area contributed by atoms with Gasteiger partial charge in [-0.1, -0.05) is 0 Å². The van der Waals surface area contributed by atoms with Crippen LogP contribution in [0.1, 0.15) is 26.7 Å². The monoisotopic (exact) mass is 293 g/mol. The molecule has 1 fully saturated rings. The molecule has 21 heavy (non-hydrogen) atoms. The zero-order valence-corrected chi connectivity index (χ0v) is 12.7. The molecule has 0 aromatic carbocycles. The van der Waals surface area contributed by atoms with E-state index in [9.17, 15) is 9.59 Å². The molecule has 116 valence electrons. The number of pyridine rings is 1. The van der Waals surface area contributed by atoms with Crippen LogP contribution in [-0.4, -0.2) is 40.6 Å². The van der Waals surface area contributed by atoms with Crippen molar-refractivity contribution in [3.8, 4) is 5.75 Å². The van der Waals surface area contributed by atoms with Crippen LogP contribution in [0, 0.1) is 0 Å². The molecule has 0 bridgehead atoms. The highest BCUT2D eigenvalue weighted by Gasteiger charge is 2.19. The maximum absolute atomic E-state index is 12.2. The number of amides is 1. The summed E-state index contributed by atoms with van der Waals surface area (Å²) in [5.41, 5.74) is 5.18. The Bertz CT molecular complexity index is 554. The van der Waals surface area contributed by atoms with Crippen molar-refractivity contribution in [3.63, 3.8) is 0 Å². The molecule has 1 amide bonds. The Morgan fingerprint density at radius 2 is 2.05 bits per heavy atom. The van der Waals surface area contributed by atoms with Gasteiger partial charge in [-0.15, -0.1) is 0 Å². The Kier molecular flexibility index (Phi) is 4.67. The van der Waals surface area contributed by atoms with Crippen LogP contribution in [0.2, 0.25) is 0 Å². The number of rotatable bonds is 5. The summed E-state index contributed by atoms with van der Waals surface area (Å²) in [6.45, 7) is 5.56. The molecule has 1 saturated heterocycles. The van der Waals surface area contributed by atoms with Gasteiger partial charge in [-0.05, 0) is 38.8 Å². The normalized spacial score (nSPS) is 15.3. The Hall–Kier alpha value is -1.82. The zero-order chi connectivity index (χ0) is 15.5. The number of likely N-dealkylation sites (tertiary alicyclic amines) is 1. The predicted octanol–water partition coefficient (Wildman–Crippen LogP) is 0.587. The van der Waals surface area contributed by atoms with Crippen LogP contribution in [0.3, 0.4) is 0 Å². The molecule has 0 radical (unpaired) electrons. The smallest absolute Gasteiger partial charge is 0.292 e. The standard InChI is InChI=1S/C15H23N3O3/c1-15(2,16)11-18-9-5-6-12(14(18)20)21-10-13(19)17-7-3-4-8-17/h5-6,9H,3-4,7-8,10-11,16H2,1-2H3. The first-order chi connectivity index (χ1) is 9.87. The van der Waals surface area contributed by atoms with Gasteiger partial charge in [0.1, 0.15) is 0 Å². The minimum Gasteiger partial charge on any atom is -0.478 e. The van der Waals surface area contributed by atoms with Crippen molar-refractivity contribution >= 4 is 5.91 Å². The van der Waals surface area contributed by atoms with Gasteiger partial charge in [0.05, 0.1) is 0 Å². The molecule has 1 aliphatic rings. The SMILES string of the molecule is CC(C)(N)Cn1cccc(OCC(=O)N2CCCC2)c1=O. The number of nitrogens with two attached hydrogens (primary N) is 1. The van der Waals surface area contributed by atoms with Crippen LogP contribution in [0.15, 0.2) is 23.1 Å². The fourth-order valence-corrected chi connectivity index (χ4v) is 2.39. The number of nitrogens with zero attached hydrogens (tertiary/aromatic N) is 2. The number of aromatic nitrogens is 1. The number of ether oxygens (including phenoxy) is 1. The van der Waals surface area contributed by atoms with Gasteiger partial charge in [-0.25, -0.2) is 0 Å². The molecule has 0 spiro atoms. The lowest BCUT2D eigenvalue weighted by atomic mass is 10.1. The lowest BCUT2D eigenvalue weighted by molar-refractivity contribution is -0.132. The van der Waals surface area contributed by atoms with E-state index < -0.39 is 5.54 Å².